The average Bonchev–Trinajstić information content (AvgIpc) is 2.32. The molecule has 0 aromatic carbocycles. The smallest absolute Gasteiger partial charge is 0.319 e. The lowest BCUT2D eigenvalue weighted by atomic mass is 10.4. The number of nitrogens with zero attached hydrogens (tertiary/aromatic N) is 1. The molecule has 94 valence electrons. The molecule has 17 heavy (non-hydrogen) atoms. The summed E-state index contributed by atoms with van der Waals surface area (Å²) in [5, 5.41) is 13.8. The Balaban J connectivity index is 2.23. The van der Waals surface area contributed by atoms with Gasteiger partial charge in [-0.2, -0.15) is 0 Å². The zero-order valence-corrected chi connectivity index (χ0v) is 9.91. The summed E-state index contributed by atoms with van der Waals surface area (Å²) in [4.78, 5) is 15.2. The number of hydrogen-bond donors (Lipinski definition) is 3. The number of carbonyl (C=O) groups is 1. The van der Waals surface area contributed by atoms with E-state index in [1.54, 1.807) is 12.1 Å². The number of hydrogen-bond acceptors (Lipinski definition) is 4. The van der Waals surface area contributed by atoms with Crippen LogP contribution in [0.5, 0.6) is 0 Å². The molecule has 7 heteroatoms. The third-order valence-electron chi connectivity index (χ3n) is 1.77. The molecular formula is C10H14ClN3O3. The van der Waals surface area contributed by atoms with Gasteiger partial charge in [-0.05, 0) is 12.1 Å². The van der Waals surface area contributed by atoms with E-state index in [-0.39, 0.29) is 24.4 Å². The van der Waals surface area contributed by atoms with Crippen LogP contribution in [0.4, 0.5) is 10.5 Å². The van der Waals surface area contributed by atoms with E-state index in [2.05, 4.69) is 15.6 Å². The fourth-order valence-electron chi connectivity index (χ4n) is 1.05. The Morgan fingerprint density at radius 1 is 1.53 bits per heavy atom. The maximum Gasteiger partial charge on any atom is 0.319 e. The molecule has 0 aliphatic carbocycles. The fourth-order valence-corrected chi connectivity index (χ4v) is 1.22. The summed E-state index contributed by atoms with van der Waals surface area (Å²) in [5.41, 5.74) is 0.447. The summed E-state index contributed by atoms with van der Waals surface area (Å²) in [7, 11) is 0. The monoisotopic (exact) mass is 259 g/mol. The molecule has 0 aliphatic heterocycles. The van der Waals surface area contributed by atoms with Crippen molar-refractivity contribution in [3.8, 4) is 0 Å². The molecule has 0 aliphatic rings. The summed E-state index contributed by atoms with van der Waals surface area (Å²) in [5.74, 6) is 0. The molecule has 0 saturated carbocycles. The zero-order valence-electron chi connectivity index (χ0n) is 9.15. The topological polar surface area (TPSA) is 83.5 Å². The molecule has 0 fully saturated rings. The van der Waals surface area contributed by atoms with Gasteiger partial charge in [0.25, 0.3) is 0 Å². The molecule has 0 bridgehead atoms. The molecule has 2 amide bonds. The molecule has 1 heterocycles. The van der Waals surface area contributed by atoms with Crippen LogP contribution >= 0.6 is 11.6 Å². The van der Waals surface area contributed by atoms with Gasteiger partial charge in [0.1, 0.15) is 0 Å². The summed E-state index contributed by atoms with van der Waals surface area (Å²) >= 11 is 5.76. The van der Waals surface area contributed by atoms with Gasteiger partial charge in [-0.3, -0.25) is 0 Å². The molecule has 0 atom stereocenters. The standard InChI is InChI=1S/C10H14ClN3O3/c11-9-8(2-1-3-12-9)14-10(16)13-4-6-17-7-5-15/h1-3,15H,4-7H2,(H2,13,14,16). The minimum atomic E-state index is -0.382. The van der Waals surface area contributed by atoms with Crippen molar-refractivity contribution in [3.63, 3.8) is 0 Å². The van der Waals surface area contributed by atoms with Gasteiger partial charge in [-0.1, -0.05) is 11.6 Å². The maximum atomic E-state index is 11.4. The molecule has 1 aromatic rings. The molecule has 0 unspecified atom stereocenters. The third kappa shape index (κ3) is 5.48. The van der Waals surface area contributed by atoms with Gasteiger partial charge in [0, 0.05) is 12.7 Å². The van der Waals surface area contributed by atoms with E-state index in [1.807, 2.05) is 0 Å². The van der Waals surface area contributed by atoms with Crippen LogP contribution in [0.15, 0.2) is 18.3 Å². The number of urea groups is 1. The number of ether oxygens (including phenoxy) is 1. The number of anilines is 1. The van der Waals surface area contributed by atoms with Gasteiger partial charge in [-0.15, -0.1) is 0 Å². The second-order valence-electron chi connectivity index (χ2n) is 3.06. The maximum absolute atomic E-state index is 11.4. The minimum Gasteiger partial charge on any atom is -0.394 e. The van der Waals surface area contributed by atoms with Crippen LogP contribution in [-0.4, -0.2) is 42.5 Å². The van der Waals surface area contributed by atoms with E-state index in [9.17, 15) is 4.79 Å². The van der Waals surface area contributed by atoms with Crippen molar-refractivity contribution in [1.82, 2.24) is 10.3 Å². The molecule has 0 radical (unpaired) electrons. The Morgan fingerprint density at radius 3 is 3.06 bits per heavy atom. The van der Waals surface area contributed by atoms with Gasteiger partial charge >= 0.3 is 6.03 Å². The number of rotatable bonds is 6. The number of halogens is 1. The summed E-state index contributed by atoms with van der Waals surface area (Å²) in [6.07, 6.45) is 1.54. The van der Waals surface area contributed by atoms with E-state index in [1.165, 1.54) is 6.20 Å². The van der Waals surface area contributed by atoms with Gasteiger partial charge in [-0.25, -0.2) is 9.78 Å². The zero-order chi connectivity index (χ0) is 12.5. The fraction of sp³-hybridized carbons (Fsp3) is 0.400. The molecule has 1 rings (SSSR count). The average molecular weight is 260 g/mol. The Labute approximate surface area is 104 Å². The highest BCUT2D eigenvalue weighted by atomic mass is 35.5. The Bertz CT molecular complexity index is 362. The quantitative estimate of drug-likeness (QED) is 0.523. The van der Waals surface area contributed by atoms with E-state index in [4.69, 9.17) is 21.4 Å². The first-order chi connectivity index (χ1) is 8.24. The first-order valence-electron chi connectivity index (χ1n) is 5.08. The van der Waals surface area contributed by atoms with E-state index in [0.717, 1.165) is 0 Å². The molecule has 3 N–H and O–H groups in total. The first-order valence-corrected chi connectivity index (χ1v) is 5.46. The highest BCUT2D eigenvalue weighted by Gasteiger charge is 2.04. The van der Waals surface area contributed by atoms with Crippen LogP contribution in [0.1, 0.15) is 0 Å². The van der Waals surface area contributed by atoms with Crippen molar-refractivity contribution >= 4 is 23.3 Å². The van der Waals surface area contributed by atoms with Crippen molar-refractivity contribution in [3.05, 3.63) is 23.5 Å². The summed E-state index contributed by atoms with van der Waals surface area (Å²) in [6, 6.07) is 2.94. The van der Waals surface area contributed by atoms with E-state index >= 15 is 0 Å². The van der Waals surface area contributed by atoms with Crippen molar-refractivity contribution in [2.24, 2.45) is 0 Å². The predicted molar refractivity (Wildman–Crippen MR) is 64.2 cm³/mol. The normalized spacial score (nSPS) is 10.0. The number of carbonyl (C=O) groups excluding carboxylic acids is 1. The Hall–Kier alpha value is -1.37. The van der Waals surface area contributed by atoms with E-state index in [0.29, 0.717) is 18.8 Å². The third-order valence-corrected chi connectivity index (χ3v) is 2.08. The lowest BCUT2D eigenvalue weighted by Crippen LogP contribution is -2.31. The Kier molecular flexibility index (Phi) is 6.31. The highest BCUT2D eigenvalue weighted by Crippen LogP contribution is 2.16. The lowest BCUT2D eigenvalue weighted by Gasteiger charge is -2.08. The van der Waals surface area contributed by atoms with Crippen molar-refractivity contribution in [1.29, 1.82) is 0 Å². The van der Waals surface area contributed by atoms with Gasteiger partial charge in [0.05, 0.1) is 25.5 Å². The number of aliphatic hydroxyl groups is 1. The largest absolute Gasteiger partial charge is 0.394 e. The van der Waals surface area contributed by atoms with Crippen LogP contribution in [0.2, 0.25) is 5.15 Å². The number of nitrogens with one attached hydrogen (secondary N) is 2. The highest BCUT2D eigenvalue weighted by molar-refractivity contribution is 6.32. The van der Waals surface area contributed by atoms with E-state index < -0.39 is 0 Å². The van der Waals surface area contributed by atoms with Crippen LogP contribution in [0.25, 0.3) is 0 Å². The first kappa shape index (κ1) is 13.7. The van der Waals surface area contributed by atoms with Gasteiger partial charge in [0.15, 0.2) is 5.15 Å². The number of aliphatic hydroxyl groups excluding tert-OH is 1. The van der Waals surface area contributed by atoms with Crippen molar-refractivity contribution < 1.29 is 14.6 Å². The SMILES string of the molecule is O=C(NCCOCCO)Nc1cccnc1Cl. The molecule has 1 aromatic heterocycles. The summed E-state index contributed by atoms with van der Waals surface area (Å²) < 4.78 is 4.98. The molecule has 6 nitrogen and oxygen atoms in total. The number of aromatic nitrogens is 1. The second-order valence-corrected chi connectivity index (χ2v) is 3.42. The number of amides is 2. The lowest BCUT2D eigenvalue weighted by molar-refractivity contribution is 0.0950. The van der Waals surface area contributed by atoms with Crippen LogP contribution in [-0.2, 0) is 4.74 Å². The molecule has 0 saturated heterocycles. The molecular weight excluding hydrogens is 246 g/mol. The van der Waals surface area contributed by atoms with Crippen LogP contribution in [0, 0.1) is 0 Å². The second kappa shape index (κ2) is 7.83. The number of pyridine rings is 1. The van der Waals surface area contributed by atoms with Crippen molar-refractivity contribution in [2.75, 3.05) is 31.7 Å². The van der Waals surface area contributed by atoms with Gasteiger partial charge < -0.3 is 20.5 Å². The Morgan fingerprint density at radius 2 is 2.35 bits per heavy atom. The van der Waals surface area contributed by atoms with Crippen LogP contribution < -0.4 is 10.6 Å². The summed E-state index contributed by atoms with van der Waals surface area (Å²) in [6.45, 7) is 0.924. The van der Waals surface area contributed by atoms with Gasteiger partial charge in [0.2, 0.25) is 0 Å². The van der Waals surface area contributed by atoms with Crippen molar-refractivity contribution in [2.45, 2.75) is 0 Å². The van der Waals surface area contributed by atoms with Crippen LogP contribution in [0.3, 0.4) is 0 Å². The minimum absolute atomic E-state index is 0.0303. The predicted octanol–water partition coefficient (Wildman–Crippen LogP) is 0.865. The molecule has 0 spiro atoms.